The van der Waals surface area contributed by atoms with Crippen LogP contribution in [-0.4, -0.2) is 32.5 Å². The Labute approximate surface area is 126 Å². The van der Waals surface area contributed by atoms with E-state index < -0.39 is 0 Å². The lowest BCUT2D eigenvalue weighted by molar-refractivity contribution is 0.0752. The fourth-order valence-corrected chi connectivity index (χ4v) is 2.03. The second kappa shape index (κ2) is 6.63. The highest BCUT2D eigenvalue weighted by molar-refractivity contribution is 6.34. The largest absolute Gasteiger partial charge is 0.334 e. The van der Waals surface area contributed by atoms with Crippen LogP contribution in [0.5, 0.6) is 0 Å². The molecule has 2 aromatic heterocycles. The first-order valence-corrected chi connectivity index (χ1v) is 6.74. The van der Waals surface area contributed by atoms with Gasteiger partial charge in [0.05, 0.1) is 5.56 Å². The Morgan fingerprint density at radius 2 is 1.95 bits per heavy atom. The van der Waals surface area contributed by atoms with Gasteiger partial charge in [0.25, 0.3) is 5.91 Å². The monoisotopic (exact) mass is 310 g/mol. The van der Waals surface area contributed by atoms with E-state index in [4.69, 9.17) is 23.2 Å². The molecule has 1 amide bonds. The fraction of sp³-hybridized carbons (Fsp3) is 0.231. The summed E-state index contributed by atoms with van der Waals surface area (Å²) in [5, 5.41) is 7.43. The van der Waals surface area contributed by atoms with E-state index in [2.05, 4.69) is 15.2 Å². The number of pyridine rings is 1. The molecule has 0 radical (unpaired) electrons. The van der Waals surface area contributed by atoms with Crippen molar-refractivity contribution in [2.45, 2.75) is 13.5 Å². The van der Waals surface area contributed by atoms with Crippen molar-refractivity contribution in [1.29, 1.82) is 0 Å². The predicted molar refractivity (Wildman–Crippen MR) is 76.7 cm³/mol. The first-order valence-electron chi connectivity index (χ1n) is 5.98. The van der Waals surface area contributed by atoms with E-state index in [9.17, 15) is 4.79 Å². The van der Waals surface area contributed by atoms with Crippen molar-refractivity contribution in [2.75, 3.05) is 6.54 Å². The lowest BCUT2D eigenvalue weighted by Gasteiger charge is -2.21. The molecule has 20 heavy (non-hydrogen) atoms. The molecule has 2 rings (SSSR count). The minimum atomic E-state index is -0.230. The Balaban J connectivity index is 2.23. The molecular weight excluding hydrogens is 299 g/mol. The summed E-state index contributed by atoms with van der Waals surface area (Å²) in [5.41, 5.74) is 1.24. The van der Waals surface area contributed by atoms with E-state index in [1.165, 1.54) is 6.07 Å². The maximum atomic E-state index is 12.5. The molecule has 2 heterocycles. The van der Waals surface area contributed by atoms with Crippen LogP contribution in [0.1, 0.15) is 22.8 Å². The van der Waals surface area contributed by atoms with Crippen molar-refractivity contribution in [3.8, 4) is 0 Å². The SMILES string of the molecule is CCN(Cc1ccncc1)C(=O)c1cc(Cl)nnc1Cl. The standard InChI is InChI=1S/C13H12Cl2N4O/c1-2-19(8-9-3-5-16-6-4-9)13(20)10-7-11(14)17-18-12(10)15/h3-7H,2,8H2,1H3. The molecule has 104 valence electrons. The zero-order chi connectivity index (χ0) is 14.5. The molecule has 7 heteroatoms. The summed E-state index contributed by atoms with van der Waals surface area (Å²) in [4.78, 5) is 18.0. The quantitative estimate of drug-likeness (QED) is 0.871. The number of amides is 1. The van der Waals surface area contributed by atoms with E-state index in [0.29, 0.717) is 13.1 Å². The second-order valence-corrected chi connectivity index (χ2v) is 4.79. The summed E-state index contributed by atoms with van der Waals surface area (Å²) in [6, 6.07) is 5.14. The predicted octanol–water partition coefficient (Wildman–Crippen LogP) is 2.84. The number of nitrogens with zero attached hydrogens (tertiary/aromatic N) is 4. The average molecular weight is 311 g/mol. The molecule has 0 aliphatic rings. The van der Waals surface area contributed by atoms with Gasteiger partial charge in [-0.25, -0.2) is 0 Å². The van der Waals surface area contributed by atoms with Crippen LogP contribution < -0.4 is 0 Å². The molecule has 0 spiro atoms. The third-order valence-corrected chi connectivity index (χ3v) is 3.21. The van der Waals surface area contributed by atoms with E-state index in [-0.39, 0.29) is 21.8 Å². The maximum Gasteiger partial charge on any atom is 0.257 e. The van der Waals surface area contributed by atoms with Gasteiger partial charge in [-0.15, -0.1) is 10.2 Å². The Hall–Kier alpha value is -1.72. The summed E-state index contributed by atoms with van der Waals surface area (Å²) < 4.78 is 0. The first-order chi connectivity index (χ1) is 9.61. The summed E-state index contributed by atoms with van der Waals surface area (Å²) in [6.07, 6.45) is 3.37. The van der Waals surface area contributed by atoms with Gasteiger partial charge in [-0.1, -0.05) is 23.2 Å². The highest BCUT2D eigenvalue weighted by Gasteiger charge is 2.19. The molecular formula is C13H12Cl2N4O. The molecule has 0 atom stereocenters. The minimum absolute atomic E-state index is 0.0487. The highest BCUT2D eigenvalue weighted by atomic mass is 35.5. The third kappa shape index (κ3) is 3.43. The normalized spacial score (nSPS) is 10.3. The van der Waals surface area contributed by atoms with Crippen LogP contribution in [0, 0.1) is 0 Å². The van der Waals surface area contributed by atoms with Crippen LogP contribution in [0.2, 0.25) is 10.3 Å². The van der Waals surface area contributed by atoms with Crippen molar-refractivity contribution >= 4 is 29.1 Å². The minimum Gasteiger partial charge on any atom is -0.334 e. The van der Waals surface area contributed by atoms with Gasteiger partial charge >= 0.3 is 0 Å². The molecule has 0 aliphatic heterocycles. The van der Waals surface area contributed by atoms with Crippen molar-refractivity contribution in [3.05, 3.63) is 52.0 Å². The maximum absolute atomic E-state index is 12.5. The molecule has 2 aromatic rings. The van der Waals surface area contributed by atoms with Gasteiger partial charge in [0.15, 0.2) is 10.3 Å². The molecule has 0 unspecified atom stereocenters. The van der Waals surface area contributed by atoms with Crippen molar-refractivity contribution in [3.63, 3.8) is 0 Å². The number of aromatic nitrogens is 3. The van der Waals surface area contributed by atoms with Gasteiger partial charge in [-0.2, -0.15) is 0 Å². The molecule has 0 fully saturated rings. The van der Waals surface area contributed by atoms with Gasteiger partial charge < -0.3 is 4.90 Å². The molecule has 0 aliphatic carbocycles. The zero-order valence-electron chi connectivity index (χ0n) is 10.8. The molecule has 0 aromatic carbocycles. The zero-order valence-corrected chi connectivity index (χ0v) is 12.3. The van der Waals surface area contributed by atoms with Gasteiger partial charge in [0, 0.05) is 25.5 Å². The van der Waals surface area contributed by atoms with Gasteiger partial charge in [-0.05, 0) is 30.7 Å². The summed E-state index contributed by atoms with van der Waals surface area (Å²) in [5.74, 6) is -0.230. The second-order valence-electron chi connectivity index (χ2n) is 4.05. The lowest BCUT2D eigenvalue weighted by Crippen LogP contribution is -2.30. The van der Waals surface area contributed by atoms with Crippen LogP contribution in [-0.2, 0) is 6.54 Å². The first kappa shape index (κ1) is 14.7. The van der Waals surface area contributed by atoms with Crippen LogP contribution in [0.15, 0.2) is 30.6 Å². The summed E-state index contributed by atoms with van der Waals surface area (Å²) in [6.45, 7) is 2.90. The molecule has 0 bridgehead atoms. The Bertz CT molecular complexity index is 607. The van der Waals surface area contributed by atoms with Crippen LogP contribution in [0.4, 0.5) is 0 Å². The van der Waals surface area contributed by atoms with Crippen molar-refractivity contribution < 1.29 is 4.79 Å². The lowest BCUT2D eigenvalue weighted by atomic mass is 10.2. The van der Waals surface area contributed by atoms with Gasteiger partial charge in [-0.3, -0.25) is 9.78 Å². The summed E-state index contributed by atoms with van der Waals surface area (Å²) >= 11 is 11.7. The number of rotatable bonds is 4. The molecule has 0 saturated carbocycles. The number of hydrogen-bond acceptors (Lipinski definition) is 4. The topological polar surface area (TPSA) is 59.0 Å². The fourth-order valence-electron chi connectivity index (χ4n) is 1.71. The Morgan fingerprint density at radius 3 is 2.60 bits per heavy atom. The molecule has 0 N–H and O–H groups in total. The van der Waals surface area contributed by atoms with E-state index >= 15 is 0 Å². The van der Waals surface area contributed by atoms with Crippen molar-refractivity contribution in [2.24, 2.45) is 0 Å². The van der Waals surface area contributed by atoms with Crippen LogP contribution >= 0.6 is 23.2 Å². The number of carbonyl (C=O) groups is 1. The van der Waals surface area contributed by atoms with E-state index in [1.807, 2.05) is 19.1 Å². The van der Waals surface area contributed by atoms with E-state index in [0.717, 1.165) is 5.56 Å². The number of carbonyl (C=O) groups excluding carboxylic acids is 1. The van der Waals surface area contributed by atoms with E-state index in [1.54, 1.807) is 17.3 Å². The molecule has 0 saturated heterocycles. The highest BCUT2D eigenvalue weighted by Crippen LogP contribution is 2.18. The smallest absolute Gasteiger partial charge is 0.257 e. The Morgan fingerprint density at radius 1 is 1.25 bits per heavy atom. The van der Waals surface area contributed by atoms with Crippen LogP contribution in [0.3, 0.4) is 0 Å². The number of hydrogen-bond donors (Lipinski definition) is 0. The van der Waals surface area contributed by atoms with Gasteiger partial charge in [0.1, 0.15) is 0 Å². The number of halogens is 2. The third-order valence-electron chi connectivity index (χ3n) is 2.74. The molecule has 5 nitrogen and oxygen atoms in total. The van der Waals surface area contributed by atoms with Crippen molar-refractivity contribution in [1.82, 2.24) is 20.1 Å². The Kier molecular flexibility index (Phi) is 4.87. The average Bonchev–Trinajstić information content (AvgIpc) is 2.47. The van der Waals surface area contributed by atoms with Gasteiger partial charge in [0.2, 0.25) is 0 Å². The summed E-state index contributed by atoms with van der Waals surface area (Å²) in [7, 11) is 0. The van der Waals surface area contributed by atoms with Crippen LogP contribution in [0.25, 0.3) is 0 Å².